The molecule has 1 aromatic rings. The number of carbonyl (C=O) groups excluding carboxylic acids is 1. The van der Waals surface area contributed by atoms with Crippen molar-refractivity contribution in [3.05, 3.63) is 10.0 Å². The average molecular weight is 307 g/mol. The average Bonchev–Trinajstić information content (AvgIpc) is 3.16. The Morgan fingerprint density at radius 3 is 2.76 bits per heavy atom. The molecule has 1 unspecified atom stereocenters. The van der Waals surface area contributed by atoms with Crippen LogP contribution in [-0.2, 0) is 4.79 Å². The van der Waals surface area contributed by atoms with E-state index >= 15 is 0 Å². The maximum atomic E-state index is 12.4. The Bertz CT molecular complexity index is 482. The Morgan fingerprint density at radius 1 is 1.24 bits per heavy atom. The van der Waals surface area contributed by atoms with Crippen LogP contribution in [0.25, 0.3) is 0 Å². The lowest BCUT2D eigenvalue weighted by Gasteiger charge is -2.32. The van der Waals surface area contributed by atoms with E-state index in [-0.39, 0.29) is 0 Å². The molecule has 2 heterocycles. The van der Waals surface area contributed by atoms with Gasteiger partial charge in [-0.25, -0.2) is 0 Å². The van der Waals surface area contributed by atoms with E-state index < -0.39 is 0 Å². The van der Waals surface area contributed by atoms with Crippen molar-refractivity contribution in [3.63, 3.8) is 0 Å². The van der Waals surface area contributed by atoms with Gasteiger partial charge in [0.05, 0.1) is 0 Å². The summed E-state index contributed by atoms with van der Waals surface area (Å²) in [6, 6.07) is 0. The van der Waals surface area contributed by atoms with E-state index in [9.17, 15) is 4.79 Å². The summed E-state index contributed by atoms with van der Waals surface area (Å²) >= 11 is 1.68. The molecule has 1 aromatic heterocycles. The highest BCUT2D eigenvalue weighted by molar-refractivity contribution is 7.11. The van der Waals surface area contributed by atoms with Crippen LogP contribution in [0.15, 0.2) is 0 Å². The molecule has 0 bridgehead atoms. The van der Waals surface area contributed by atoms with Gasteiger partial charge in [-0.1, -0.05) is 25.7 Å². The number of aromatic nitrogens is 2. The molecule has 0 N–H and O–H groups in total. The standard InChI is InChI=1S/C16H25N3OS/c1-12-17-18-16(21-12)14-7-4-10-19(11-14)15(20)9-8-13-5-2-3-6-13/h13-14H,2-11H2,1H3. The van der Waals surface area contributed by atoms with Crippen LogP contribution < -0.4 is 0 Å². The van der Waals surface area contributed by atoms with Gasteiger partial charge in [-0.3, -0.25) is 4.79 Å². The number of amides is 1. The normalized spacial score (nSPS) is 23.7. The minimum absolute atomic E-state index is 0.354. The van der Waals surface area contributed by atoms with Crippen LogP contribution in [0.1, 0.15) is 67.3 Å². The summed E-state index contributed by atoms with van der Waals surface area (Å²) in [6.45, 7) is 3.77. The lowest BCUT2D eigenvalue weighted by Crippen LogP contribution is -2.39. The third-order valence-corrected chi connectivity index (χ3v) is 5.91. The molecule has 1 atom stereocenters. The Labute approximate surface area is 130 Å². The minimum Gasteiger partial charge on any atom is -0.342 e. The molecule has 0 spiro atoms. The zero-order valence-corrected chi connectivity index (χ0v) is 13.7. The summed E-state index contributed by atoms with van der Waals surface area (Å²) < 4.78 is 0. The van der Waals surface area contributed by atoms with Gasteiger partial charge in [0.2, 0.25) is 5.91 Å². The van der Waals surface area contributed by atoms with Gasteiger partial charge in [-0.05, 0) is 32.1 Å². The third kappa shape index (κ3) is 3.82. The maximum absolute atomic E-state index is 12.4. The zero-order chi connectivity index (χ0) is 14.7. The summed E-state index contributed by atoms with van der Waals surface area (Å²) in [6.07, 6.45) is 9.46. The molecular formula is C16H25N3OS. The molecule has 2 aliphatic rings. The van der Waals surface area contributed by atoms with Gasteiger partial charge in [-0.2, -0.15) is 0 Å². The molecule has 5 heteroatoms. The smallest absolute Gasteiger partial charge is 0.222 e. The van der Waals surface area contributed by atoms with E-state index in [2.05, 4.69) is 15.1 Å². The van der Waals surface area contributed by atoms with Crippen molar-refractivity contribution >= 4 is 17.2 Å². The van der Waals surface area contributed by atoms with Gasteiger partial charge < -0.3 is 4.90 Å². The zero-order valence-electron chi connectivity index (χ0n) is 12.9. The number of hydrogen-bond donors (Lipinski definition) is 0. The van der Waals surface area contributed by atoms with Crippen LogP contribution >= 0.6 is 11.3 Å². The second-order valence-corrected chi connectivity index (χ2v) is 7.74. The number of nitrogens with zero attached hydrogens (tertiary/aromatic N) is 3. The Morgan fingerprint density at radius 2 is 2.05 bits per heavy atom. The van der Waals surface area contributed by atoms with Gasteiger partial charge in [0.25, 0.3) is 0 Å². The molecule has 0 aromatic carbocycles. The first-order chi connectivity index (χ1) is 10.2. The first-order valence-corrected chi connectivity index (χ1v) is 9.12. The Hall–Kier alpha value is -0.970. The van der Waals surface area contributed by atoms with E-state index in [0.717, 1.165) is 54.7 Å². The Balaban J connectivity index is 1.51. The van der Waals surface area contributed by atoms with Crippen molar-refractivity contribution in [2.75, 3.05) is 13.1 Å². The van der Waals surface area contributed by atoms with Crippen molar-refractivity contribution in [2.24, 2.45) is 5.92 Å². The second kappa shape index (κ2) is 6.86. The fraction of sp³-hybridized carbons (Fsp3) is 0.812. The first kappa shape index (κ1) is 14.9. The molecule has 1 saturated carbocycles. The monoisotopic (exact) mass is 307 g/mol. The lowest BCUT2D eigenvalue weighted by atomic mass is 9.97. The van der Waals surface area contributed by atoms with Crippen LogP contribution in [-0.4, -0.2) is 34.1 Å². The maximum Gasteiger partial charge on any atom is 0.222 e. The molecule has 116 valence electrons. The molecule has 1 amide bonds. The summed E-state index contributed by atoms with van der Waals surface area (Å²) in [5, 5.41) is 10.5. The molecule has 2 fully saturated rings. The molecular weight excluding hydrogens is 282 g/mol. The molecule has 21 heavy (non-hydrogen) atoms. The molecule has 3 rings (SSSR count). The highest BCUT2D eigenvalue weighted by Crippen LogP contribution is 2.31. The highest BCUT2D eigenvalue weighted by atomic mass is 32.1. The van der Waals surface area contributed by atoms with E-state index in [1.54, 1.807) is 11.3 Å². The molecule has 4 nitrogen and oxygen atoms in total. The van der Waals surface area contributed by atoms with Gasteiger partial charge in [0.1, 0.15) is 10.0 Å². The van der Waals surface area contributed by atoms with E-state index in [4.69, 9.17) is 0 Å². The van der Waals surface area contributed by atoms with Crippen molar-refractivity contribution < 1.29 is 4.79 Å². The summed E-state index contributed by atoms with van der Waals surface area (Å²) in [4.78, 5) is 14.5. The molecule has 1 aliphatic carbocycles. The van der Waals surface area contributed by atoms with Gasteiger partial charge in [0, 0.05) is 25.4 Å². The van der Waals surface area contributed by atoms with E-state index in [1.807, 2.05) is 6.92 Å². The van der Waals surface area contributed by atoms with E-state index in [0.29, 0.717) is 11.8 Å². The number of aryl methyl sites for hydroxylation is 1. The SMILES string of the molecule is Cc1nnc(C2CCCN(C(=O)CCC3CCCC3)C2)s1. The van der Waals surface area contributed by atoms with Gasteiger partial charge >= 0.3 is 0 Å². The van der Waals surface area contributed by atoms with Crippen LogP contribution in [0, 0.1) is 12.8 Å². The van der Waals surface area contributed by atoms with Crippen LogP contribution in [0.3, 0.4) is 0 Å². The van der Waals surface area contributed by atoms with Crippen LogP contribution in [0.4, 0.5) is 0 Å². The number of rotatable bonds is 4. The third-order valence-electron chi connectivity index (χ3n) is 4.91. The largest absolute Gasteiger partial charge is 0.342 e. The number of piperidine rings is 1. The van der Waals surface area contributed by atoms with Crippen molar-refractivity contribution in [3.8, 4) is 0 Å². The highest BCUT2D eigenvalue weighted by Gasteiger charge is 2.27. The topological polar surface area (TPSA) is 46.1 Å². The van der Waals surface area contributed by atoms with Gasteiger partial charge in [0.15, 0.2) is 0 Å². The van der Waals surface area contributed by atoms with Crippen LogP contribution in [0.5, 0.6) is 0 Å². The Kier molecular flexibility index (Phi) is 4.88. The molecule has 1 saturated heterocycles. The summed E-state index contributed by atoms with van der Waals surface area (Å²) in [5.74, 6) is 1.56. The number of carbonyl (C=O) groups is 1. The second-order valence-electron chi connectivity index (χ2n) is 6.53. The van der Waals surface area contributed by atoms with Crippen molar-refractivity contribution in [1.82, 2.24) is 15.1 Å². The van der Waals surface area contributed by atoms with Crippen LogP contribution in [0.2, 0.25) is 0 Å². The fourth-order valence-corrected chi connectivity index (χ4v) is 4.49. The van der Waals surface area contributed by atoms with Crippen molar-refractivity contribution in [1.29, 1.82) is 0 Å². The predicted molar refractivity (Wildman–Crippen MR) is 84.4 cm³/mol. The van der Waals surface area contributed by atoms with Gasteiger partial charge in [-0.15, -0.1) is 21.5 Å². The number of hydrogen-bond acceptors (Lipinski definition) is 4. The van der Waals surface area contributed by atoms with E-state index in [1.165, 1.54) is 25.7 Å². The predicted octanol–water partition coefficient (Wildman–Crippen LogP) is 3.52. The first-order valence-electron chi connectivity index (χ1n) is 8.30. The fourth-order valence-electron chi connectivity index (χ4n) is 3.67. The quantitative estimate of drug-likeness (QED) is 0.855. The van der Waals surface area contributed by atoms with Crippen molar-refractivity contribution in [2.45, 2.75) is 64.2 Å². The molecule has 0 radical (unpaired) electrons. The lowest BCUT2D eigenvalue weighted by molar-refractivity contribution is -0.132. The summed E-state index contributed by atoms with van der Waals surface area (Å²) in [7, 11) is 0. The molecule has 1 aliphatic heterocycles. The summed E-state index contributed by atoms with van der Waals surface area (Å²) in [5.41, 5.74) is 0. The minimum atomic E-state index is 0.354. The number of likely N-dealkylation sites (tertiary alicyclic amines) is 1.